The molecular formula is C15H25N3O3. The van der Waals surface area contributed by atoms with Crippen molar-refractivity contribution in [2.75, 3.05) is 5.32 Å². The van der Waals surface area contributed by atoms with E-state index in [0.717, 1.165) is 5.56 Å². The van der Waals surface area contributed by atoms with Gasteiger partial charge in [-0.1, -0.05) is 26.0 Å². The fourth-order valence-corrected chi connectivity index (χ4v) is 1.70. The van der Waals surface area contributed by atoms with E-state index >= 15 is 0 Å². The normalized spacial score (nSPS) is 15.4. The molecule has 6 nitrogen and oxygen atoms in total. The lowest BCUT2D eigenvalue weighted by atomic mass is 10.0. The highest BCUT2D eigenvalue weighted by atomic mass is 16.3. The molecule has 0 saturated carbocycles. The predicted molar refractivity (Wildman–Crippen MR) is 82.4 cm³/mol. The molecular weight excluding hydrogens is 270 g/mol. The lowest BCUT2D eigenvalue weighted by Gasteiger charge is -2.24. The maximum absolute atomic E-state index is 11.8. The van der Waals surface area contributed by atoms with Crippen molar-refractivity contribution < 1.29 is 15.0 Å². The average Bonchev–Trinajstić information content (AvgIpc) is 2.46. The number of aliphatic hydroxyl groups excluding tert-OH is 2. The molecule has 1 aromatic carbocycles. The summed E-state index contributed by atoms with van der Waals surface area (Å²) in [6.45, 7) is 5.41. The van der Waals surface area contributed by atoms with Crippen LogP contribution >= 0.6 is 0 Å². The van der Waals surface area contributed by atoms with Crippen molar-refractivity contribution in [1.82, 2.24) is 5.32 Å². The Morgan fingerprint density at radius 1 is 1.24 bits per heavy atom. The van der Waals surface area contributed by atoms with Crippen LogP contribution in [0.15, 0.2) is 24.3 Å². The molecule has 0 bridgehead atoms. The Morgan fingerprint density at radius 2 is 1.81 bits per heavy atom. The summed E-state index contributed by atoms with van der Waals surface area (Å²) in [6.07, 6.45) is -0.937. The second-order valence-corrected chi connectivity index (χ2v) is 5.51. The first-order chi connectivity index (χ1) is 9.85. The highest BCUT2D eigenvalue weighted by Crippen LogP contribution is 2.11. The van der Waals surface area contributed by atoms with Gasteiger partial charge in [-0.3, -0.25) is 4.79 Å². The third-order valence-corrected chi connectivity index (χ3v) is 3.32. The minimum atomic E-state index is -0.937. The van der Waals surface area contributed by atoms with Gasteiger partial charge in [0.25, 0.3) is 0 Å². The summed E-state index contributed by atoms with van der Waals surface area (Å²) in [5.41, 5.74) is 7.25. The Morgan fingerprint density at radius 3 is 2.29 bits per heavy atom. The second-order valence-electron chi connectivity index (χ2n) is 5.51. The molecule has 3 atom stereocenters. The van der Waals surface area contributed by atoms with Gasteiger partial charge in [0, 0.05) is 5.69 Å². The molecule has 1 rings (SSSR count). The Balaban J connectivity index is 2.53. The molecule has 0 spiro atoms. The van der Waals surface area contributed by atoms with Crippen molar-refractivity contribution >= 4 is 11.6 Å². The smallest absolute Gasteiger partial charge is 0.237 e. The largest absolute Gasteiger partial charge is 0.392 e. The second kappa shape index (κ2) is 7.97. The molecule has 0 heterocycles. The van der Waals surface area contributed by atoms with E-state index in [0.29, 0.717) is 5.69 Å². The van der Waals surface area contributed by atoms with Gasteiger partial charge in [0.2, 0.25) is 5.91 Å². The fraction of sp³-hybridized carbons (Fsp3) is 0.533. The van der Waals surface area contributed by atoms with Crippen LogP contribution in [-0.2, 0) is 11.4 Å². The summed E-state index contributed by atoms with van der Waals surface area (Å²) in [6, 6.07) is 5.94. The zero-order chi connectivity index (χ0) is 16.0. The number of carbonyl (C=O) groups is 1. The van der Waals surface area contributed by atoms with Crippen LogP contribution in [0.5, 0.6) is 0 Å². The van der Waals surface area contributed by atoms with Gasteiger partial charge in [0.15, 0.2) is 0 Å². The van der Waals surface area contributed by atoms with Crippen LogP contribution in [-0.4, -0.2) is 34.4 Å². The highest BCUT2D eigenvalue weighted by molar-refractivity contribution is 5.82. The monoisotopic (exact) mass is 295 g/mol. The Bertz CT molecular complexity index is 448. The molecule has 0 aromatic heterocycles. The topological polar surface area (TPSA) is 108 Å². The number of nitrogens with one attached hydrogen (secondary N) is 2. The van der Waals surface area contributed by atoms with E-state index in [1.165, 1.54) is 0 Å². The van der Waals surface area contributed by atoms with E-state index in [1.54, 1.807) is 31.2 Å². The van der Waals surface area contributed by atoms with Crippen LogP contribution in [0.2, 0.25) is 0 Å². The van der Waals surface area contributed by atoms with E-state index in [1.807, 2.05) is 13.8 Å². The van der Waals surface area contributed by atoms with Crippen molar-refractivity contribution in [2.24, 2.45) is 11.7 Å². The Labute approximate surface area is 125 Å². The summed E-state index contributed by atoms with van der Waals surface area (Å²) in [7, 11) is 0. The molecule has 1 aromatic rings. The molecule has 0 radical (unpaired) electrons. The lowest BCUT2D eigenvalue weighted by molar-refractivity contribution is -0.124. The van der Waals surface area contributed by atoms with Crippen LogP contribution in [0.1, 0.15) is 26.3 Å². The zero-order valence-corrected chi connectivity index (χ0v) is 12.7. The van der Waals surface area contributed by atoms with Crippen molar-refractivity contribution in [2.45, 2.75) is 45.7 Å². The van der Waals surface area contributed by atoms with E-state index in [9.17, 15) is 9.90 Å². The lowest BCUT2D eigenvalue weighted by Crippen LogP contribution is -2.51. The molecule has 1 amide bonds. The first-order valence-electron chi connectivity index (χ1n) is 7.05. The van der Waals surface area contributed by atoms with Crippen molar-refractivity contribution in [1.29, 1.82) is 0 Å². The van der Waals surface area contributed by atoms with E-state index in [2.05, 4.69) is 10.6 Å². The third-order valence-electron chi connectivity index (χ3n) is 3.32. The van der Waals surface area contributed by atoms with E-state index in [-0.39, 0.29) is 18.4 Å². The molecule has 6 heteroatoms. The van der Waals surface area contributed by atoms with Gasteiger partial charge in [0.05, 0.1) is 18.7 Å². The van der Waals surface area contributed by atoms with Gasteiger partial charge in [-0.25, -0.2) is 0 Å². The standard InChI is InChI=1S/C15H25N3O3/c1-9(2)13(16)15(21)17-10(3)14(20)18-12-6-4-11(8-19)5-7-12/h4-7,9-10,13-14,18-20H,8,16H2,1-3H3,(H,17,21)/t10-,13-,14-/m0/s1. The summed E-state index contributed by atoms with van der Waals surface area (Å²) >= 11 is 0. The number of anilines is 1. The fourth-order valence-electron chi connectivity index (χ4n) is 1.70. The summed E-state index contributed by atoms with van der Waals surface area (Å²) in [5, 5.41) is 24.6. The Kier molecular flexibility index (Phi) is 6.61. The number of carbonyl (C=O) groups excluding carboxylic acids is 1. The molecule has 0 unspecified atom stereocenters. The number of hydrogen-bond acceptors (Lipinski definition) is 5. The number of benzene rings is 1. The minimum absolute atomic E-state index is 0.0254. The first kappa shape index (κ1) is 17.4. The maximum atomic E-state index is 11.8. The number of hydrogen-bond donors (Lipinski definition) is 5. The SMILES string of the molecule is CC(C)[C@H](N)C(=O)N[C@@H](C)[C@H](O)Nc1ccc(CO)cc1. The van der Waals surface area contributed by atoms with E-state index in [4.69, 9.17) is 10.8 Å². The molecule has 21 heavy (non-hydrogen) atoms. The van der Waals surface area contributed by atoms with Crippen LogP contribution in [0, 0.1) is 5.92 Å². The minimum Gasteiger partial charge on any atom is -0.392 e. The molecule has 0 saturated heterocycles. The van der Waals surface area contributed by atoms with Gasteiger partial charge in [0.1, 0.15) is 6.23 Å². The molecule has 6 N–H and O–H groups in total. The van der Waals surface area contributed by atoms with Crippen molar-refractivity contribution in [3.8, 4) is 0 Å². The van der Waals surface area contributed by atoms with Crippen LogP contribution in [0.25, 0.3) is 0 Å². The van der Waals surface area contributed by atoms with Crippen LogP contribution in [0.3, 0.4) is 0 Å². The predicted octanol–water partition coefficient (Wildman–Crippen LogP) is 0.397. The Hall–Kier alpha value is -1.63. The van der Waals surface area contributed by atoms with Gasteiger partial charge in [-0.2, -0.15) is 0 Å². The number of rotatable bonds is 7. The van der Waals surface area contributed by atoms with Gasteiger partial charge >= 0.3 is 0 Å². The van der Waals surface area contributed by atoms with Gasteiger partial charge < -0.3 is 26.6 Å². The molecule has 0 aliphatic heterocycles. The van der Waals surface area contributed by atoms with Crippen LogP contribution < -0.4 is 16.4 Å². The van der Waals surface area contributed by atoms with E-state index < -0.39 is 18.3 Å². The summed E-state index contributed by atoms with van der Waals surface area (Å²) in [4.78, 5) is 11.8. The number of amides is 1. The third kappa shape index (κ3) is 5.34. The number of aliphatic hydroxyl groups is 2. The molecule has 0 aliphatic carbocycles. The van der Waals surface area contributed by atoms with Crippen molar-refractivity contribution in [3.05, 3.63) is 29.8 Å². The van der Waals surface area contributed by atoms with Gasteiger partial charge in [-0.05, 0) is 30.5 Å². The maximum Gasteiger partial charge on any atom is 0.237 e. The average molecular weight is 295 g/mol. The number of nitrogens with two attached hydrogens (primary N) is 1. The van der Waals surface area contributed by atoms with Crippen LogP contribution in [0.4, 0.5) is 5.69 Å². The van der Waals surface area contributed by atoms with Crippen molar-refractivity contribution in [3.63, 3.8) is 0 Å². The van der Waals surface area contributed by atoms with Gasteiger partial charge in [-0.15, -0.1) is 0 Å². The highest BCUT2D eigenvalue weighted by Gasteiger charge is 2.22. The quantitative estimate of drug-likeness (QED) is 0.468. The first-order valence-corrected chi connectivity index (χ1v) is 7.05. The molecule has 0 aliphatic rings. The summed E-state index contributed by atoms with van der Waals surface area (Å²) < 4.78 is 0. The molecule has 0 fully saturated rings. The molecule has 118 valence electrons. The summed E-state index contributed by atoms with van der Waals surface area (Å²) in [5.74, 6) is -0.248. The zero-order valence-electron chi connectivity index (χ0n) is 12.7.